The standard InChI is InChI=1S/C6H17O2Si2/c1-7-9(8-2)6-10(3,4)5/h6H2,1-5H3. The van der Waals surface area contributed by atoms with Crippen molar-refractivity contribution in [2.45, 2.75) is 25.3 Å². The fraction of sp³-hybridized carbons (Fsp3) is 1.00. The summed E-state index contributed by atoms with van der Waals surface area (Å²) in [5.41, 5.74) is 1.17. The fourth-order valence-electron chi connectivity index (χ4n) is 0.661. The van der Waals surface area contributed by atoms with Crippen molar-refractivity contribution in [3.63, 3.8) is 0 Å². The van der Waals surface area contributed by atoms with Gasteiger partial charge in [0.2, 0.25) is 0 Å². The Hall–Kier alpha value is 0.354. The highest BCUT2D eigenvalue weighted by Crippen LogP contribution is 2.10. The Labute approximate surface area is 66.4 Å². The van der Waals surface area contributed by atoms with Crippen LogP contribution in [0, 0.1) is 0 Å². The summed E-state index contributed by atoms with van der Waals surface area (Å²) in [7, 11) is 1.58. The van der Waals surface area contributed by atoms with Gasteiger partial charge in [-0.1, -0.05) is 19.6 Å². The average Bonchev–Trinajstić information content (AvgIpc) is 1.81. The van der Waals surface area contributed by atoms with E-state index in [2.05, 4.69) is 19.6 Å². The molecule has 0 aromatic carbocycles. The molecule has 0 unspecified atom stereocenters. The topological polar surface area (TPSA) is 18.5 Å². The van der Waals surface area contributed by atoms with Crippen LogP contribution in [0.4, 0.5) is 0 Å². The molecule has 0 rings (SSSR count). The minimum atomic E-state index is -0.967. The van der Waals surface area contributed by atoms with Gasteiger partial charge in [-0.15, -0.1) is 0 Å². The molecule has 2 nitrogen and oxygen atoms in total. The Balaban J connectivity index is 3.63. The predicted molar refractivity (Wildman–Crippen MR) is 47.9 cm³/mol. The maximum atomic E-state index is 5.19. The van der Waals surface area contributed by atoms with Crippen LogP contribution in [0.5, 0.6) is 0 Å². The van der Waals surface area contributed by atoms with Crippen LogP contribution in [0.25, 0.3) is 0 Å². The summed E-state index contributed by atoms with van der Waals surface area (Å²) in [5, 5.41) is 0. The average molecular weight is 177 g/mol. The van der Waals surface area contributed by atoms with Crippen LogP contribution >= 0.6 is 0 Å². The third-order valence-corrected chi connectivity index (χ3v) is 7.44. The van der Waals surface area contributed by atoms with Crippen molar-refractivity contribution in [1.29, 1.82) is 0 Å². The molecule has 1 radical (unpaired) electrons. The van der Waals surface area contributed by atoms with E-state index in [1.54, 1.807) is 14.2 Å². The van der Waals surface area contributed by atoms with E-state index in [0.717, 1.165) is 0 Å². The summed E-state index contributed by atoms with van der Waals surface area (Å²) >= 11 is 0. The highest BCUT2D eigenvalue weighted by Gasteiger charge is 2.23. The van der Waals surface area contributed by atoms with E-state index in [0.29, 0.717) is 0 Å². The molecule has 0 spiro atoms. The van der Waals surface area contributed by atoms with Crippen LogP contribution in [-0.4, -0.2) is 31.6 Å². The molecule has 0 N–H and O–H groups in total. The normalized spacial score (nSPS) is 12.6. The molecule has 0 bridgehead atoms. The molecule has 0 aliphatic rings. The summed E-state index contributed by atoms with van der Waals surface area (Å²) in [6.45, 7) is 6.99. The minimum Gasteiger partial charge on any atom is -0.397 e. The molecule has 0 saturated heterocycles. The van der Waals surface area contributed by atoms with E-state index in [9.17, 15) is 0 Å². The van der Waals surface area contributed by atoms with Crippen LogP contribution < -0.4 is 0 Å². The SMILES string of the molecule is CO[Si](C[Si](C)(C)C)OC. The van der Waals surface area contributed by atoms with E-state index in [1.165, 1.54) is 5.67 Å². The largest absolute Gasteiger partial charge is 0.397 e. The van der Waals surface area contributed by atoms with E-state index in [4.69, 9.17) is 8.85 Å². The Morgan fingerprint density at radius 1 is 1.10 bits per heavy atom. The zero-order valence-electron chi connectivity index (χ0n) is 7.52. The lowest BCUT2D eigenvalue weighted by Crippen LogP contribution is -2.32. The van der Waals surface area contributed by atoms with Gasteiger partial charge in [0.15, 0.2) is 0 Å². The molecule has 61 valence electrons. The van der Waals surface area contributed by atoms with E-state index < -0.39 is 17.4 Å². The van der Waals surface area contributed by atoms with E-state index in [-0.39, 0.29) is 0 Å². The van der Waals surface area contributed by atoms with Crippen molar-refractivity contribution < 1.29 is 8.85 Å². The quantitative estimate of drug-likeness (QED) is 0.608. The zero-order chi connectivity index (χ0) is 8.20. The Kier molecular flexibility index (Phi) is 4.43. The van der Waals surface area contributed by atoms with Crippen molar-refractivity contribution in [3.05, 3.63) is 0 Å². The molecule has 0 amide bonds. The molecular formula is C6H17O2Si2. The third kappa shape index (κ3) is 5.16. The van der Waals surface area contributed by atoms with Crippen LogP contribution in [0.2, 0.25) is 25.3 Å². The van der Waals surface area contributed by atoms with Gasteiger partial charge in [0.1, 0.15) is 0 Å². The minimum absolute atomic E-state index is 0.919. The van der Waals surface area contributed by atoms with E-state index in [1.807, 2.05) is 0 Å². The predicted octanol–water partition coefficient (Wildman–Crippen LogP) is 1.64. The second-order valence-electron chi connectivity index (χ2n) is 3.52. The molecule has 0 aliphatic heterocycles. The number of rotatable bonds is 4. The summed E-state index contributed by atoms with van der Waals surface area (Å²) in [6.07, 6.45) is 0. The van der Waals surface area contributed by atoms with Crippen LogP contribution in [-0.2, 0) is 8.85 Å². The molecule has 0 aromatic rings. The highest BCUT2D eigenvalue weighted by atomic mass is 28.4. The van der Waals surface area contributed by atoms with Crippen molar-refractivity contribution in [2.75, 3.05) is 14.2 Å². The summed E-state index contributed by atoms with van der Waals surface area (Å²) in [5.74, 6) is 0. The molecule has 0 heterocycles. The van der Waals surface area contributed by atoms with Crippen LogP contribution in [0.15, 0.2) is 0 Å². The monoisotopic (exact) mass is 177 g/mol. The van der Waals surface area contributed by atoms with Crippen LogP contribution in [0.1, 0.15) is 0 Å². The molecular weight excluding hydrogens is 160 g/mol. The van der Waals surface area contributed by atoms with Crippen molar-refractivity contribution in [1.82, 2.24) is 0 Å². The van der Waals surface area contributed by atoms with Gasteiger partial charge in [-0.3, -0.25) is 0 Å². The molecule has 0 atom stereocenters. The maximum Gasteiger partial charge on any atom is 0.381 e. The van der Waals surface area contributed by atoms with Crippen molar-refractivity contribution in [2.24, 2.45) is 0 Å². The summed E-state index contributed by atoms with van der Waals surface area (Å²) in [6, 6.07) is 0. The highest BCUT2D eigenvalue weighted by molar-refractivity contribution is 6.84. The fourth-order valence-corrected chi connectivity index (χ4v) is 5.45. The van der Waals surface area contributed by atoms with E-state index >= 15 is 0 Å². The van der Waals surface area contributed by atoms with Gasteiger partial charge in [-0.25, -0.2) is 0 Å². The summed E-state index contributed by atoms with van der Waals surface area (Å²) < 4.78 is 10.4. The summed E-state index contributed by atoms with van der Waals surface area (Å²) in [4.78, 5) is 0. The van der Waals surface area contributed by atoms with Gasteiger partial charge in [-0.2, -0.15) is 0 Å². The first-order valence-corrected chi connectivity index (χ1v) is 8.66. The number of hydrogen-bond acceptors (Lipinski definition) is 2. The van der Waals surface area contributed by atoms with Gasteiger partial charge >= 0.3 is 9.28 Å². The first kappa shape index (κ1) is 10.4. The molecule has 0 aromatic heterocycles. The molecule has 0 fully saturated rings. The van der Waals surface area contributed by atoms with Gasteiger partial charge in [0.25, 0.3) is 0 Å². The second kappa shape index (κ2) is 4.28. The second-order valence-corrected chi connectivity index (χ2v) is 11.6. The molecule has 0 saturated carbocycles. The Morgan fingerprint density at radius 2 is 1.50 bits per heavy atom. The van der Waals surface area contributed by atoms with Gasteiger partial charge in [-0.05, 0) is 5.67 Å². The number of hydrogen-bond donors (Lipinski definition) is 0. The van der Waals surface area contributed by atoms with Gasteiger partial charge in [0, 0.05) is 22.3 Å². The van der Waals surface area contributed by atoms with Crippen LogP contribution in [0.3, 0.4) is 0 Å². The molecule has 4 heteroatoms. The lowest BCUT2D eigenvalue weighted by atomic mass is 11.7. The Morgan fingerprint density at radius 3 is 1.60 bits per heavy atom. The third-order valence-electron chi connectivity index (χ3n) is 1.13. The Bertz CT molecular complexity index is 86.2. The molecule has 0 aliphatic carbocycles. The zero-order valence-corrected chi connectivity index (χ0v) is 9.52. The lowest BCUT2D eigenvalue weighted by molar-refractivity contribution is 0.282. The molecule has 10 heavy (non-hydrogen) atoms. The van der Waals surface area contributed by atoms with Crippen molar-refractivity contribution in [3.8, 4) is 0 Å². The smallest absolute Gasteiger partial charge is 0.381 e. The maximum absolute atomic E-state index is 5.19. The first-order valence-electron chi connectivity index (χ1n) is 3.43. The van der Waals surface area contributed by atoms with Crippen molar-refractivity contribution >= 4 is 17.4 Å². The van der Waals surface area contributed by atoms with Gasteiger partial charge < -0.3 is 8.85 Å². The lowest BCUT2D eigenvalue weighted by Gasteiger charge is -2.18. The first-order chi connectivity index (χ1) is 4.49. The van der Waals surface area contributed by atoms with Gasteiger partial charge in [0.05, 0.1) is 0 Å².